The summed E-state index contributed by atoms with van der Waals surface area (Å²) in [5.74, 6) is 0.0440. The second-order valence-corrected chi connectivity index (χ2v) is 4.34. The third-order valence-electron chi connectivity index (χ3n) is 2.78. The number of amides is 2. The van der Waals surface area contributed by atoms with Crippen molar-refractivity contribution in [3.05, 3.63) is 59.9 Å². The Morgan fingerprint density at radius 3 is 2.55 bits per heavy atom. The van der Waals surface area contributed by atoms with Crippen molar-refractivity contribution in [3.8, 4) is 5.75 Å². The highest BCUT2D eigenvalue weighted by Crippen LogP contribution is 2.19. The molecule has 0 saturated heterocycles. The van der Waals surface area contributed by atoms with Crippen LogP contribution in [-0.4, -0.2) is 17.6 Å². The van der Waals surface area contributed by atoms with Crippen molar-refractivity contribution in [3.63, 3.8) is 0 Å². The first-order valence-corrected chi connectivity index (χ1v) is 6.59. The molecule has 2 N–H and O–H groups in total. The van der Waals surface area contributed by atoms with Crippen molar-refractivity contribution in [2.45, 2.75) is 19.7 Å². The van der Waals surface area contributed by atoms with Crippen molar-refractivity contribution in [2.75, 3.05) is 0 Å². The Morgan fingerprint density at radius 2 is 1.82 bits per heavy atom. The summed E-state index contributed by atoms with van der Waals surface area (Å²) in [7, 11) is 0. The average molecular weight is 307 g/mol. The Hall–Kier alpha value is -2.70. The molecule has 116 valence electrons. The first-order chi connectivity index (χ1) is 10.6. The summed E-state index contributed by atoms with van der Waals surface area (Å²) in [6, 6.07) is 11.3. The Morgan fingerprint density at radius 1 is 1.09 bits per heavy atom. The Balaban J connectivity index is 1.83. The van der Waals surface area contributed by atoms with Gasteiger partial charge in [-0.15, -0.1) is 0 Å². The van der Waals surface area contributed by atoms with E-state index >= 15 is 0 Å². The number of ether oxygens (including phenoxy) is 1. The van der Waals surface area contributed by atoms with E-state index in [1.165, 1.54) is 6.07 Å². The van der Waals surface area contributed by atoms with Crippen molar-refractivity contribution < 1.29 is 18.3 Å². The molecule has 5 nitrogen and oxygen atoms in total. The van der Waals surface area contributed by atoms with Gasteiger partial charge in [0.05, 0.1) is 12.2 Å². The molecule has 1 aromatic carbocycles. The molecular formula is C15H15F2N3O2. The van der Waals surface area contributed by atoms with Crippen LogP contribution in [0.1, 0.15) is 11.3 Å². The number of hydrogen-bond acceptors (Lipinski definition) is 3. The van der Waals surface area contributed by atoms with E-state index in [1.54, 1.807) is 36.5 Å². The number of rotatable bonds is 6. The number of para-hydroxylation sites is 1. The van der Waals surface area contributed by atoms with Gasteiger partial charge in [-0.05, 0) is 18.2 Å². The number of carbonyl (C=O) groups is 1. The molecule has 0 unspecified atom stereocenters. The number of halogens is 2. The summed E-state index contributed by atoms with van der Waals surface area (Å²) >= 11 is 0. The summed E-state index contributed by atoms with van der Waals surface area (Å²) in [6.45, 7) is -2.54. The van der Waals surface area contributed by atoms with Crippen LogP contribution in [0.3, 0.4) is 0 Å². The van der Waals surface area contributed by atoms with Crippen molar-refractivity contribution in [2.24, 2.45) is 0 Å². The minimum Gasteiger partial charge on any atom is -0.434 e. The minimum absolute atomic E-state index is 0.0440. The lowest BCUT2D eigenvalue weighted by Gasteiger charge is -2.11. The number of benzene rings is 1. The van der Waals surface area contributed by atoms with Gasteiger partial charge in [-0.2, -0.15) is 8.78 Å². The van der Waals surface area contributed by atoms with Gasteiger partial charge in [0, 0.05) is 18.3 Å². The van der Waals surface area contributed by atoms with Crippen LogP contribution in [0, 0.1) is 0 Å². The topological polar surface area (TPSA) is 63.2 Å². The maximum absolute atomic E-state index is 12.3. The summed E-state index contributed by atoms with van der Waals surface area (Å²) in [4.78, 5) is 15.8. The third-order valence-corrected chi connectivity index (χ3v) is 2.78. The zero-order valence-corrected chi connectivity index (χ0v) is 11.6. The van der Waals surface area contributed by atoms with Gasteiger partial charge in [0.2, 0.25) is 0 Å². The van der Waals surface area contributed by atoms with Crippen LogP contribution in [-0.2, 0) is 13.1 Å². The number of carbonyl (C=O) groups excluding carboxylic acids is 1. The molecule has 0 bridgehead atoms. The van der Waals surface area contributed by atoms with E-state index in [-0.39, 0.29) is 18.8 Å². The van der Waals surface area contributed by atoms with E-state index in [0.717, 1.165) is 5.69 Å². The second-order valence-electron chi connectivity index (χ2n) is 4.34. The summed E-state index contributed by atoms with van der Waals surface area (Å²) in [5, 5.41) is 5.21. The average Bonchev–Trinajstić information content (AvgIpc) is 2.52. The fourth-order valence-electron chi connectivity index (χ4n) is 1.77. The number of nitrogens with zero attached hydrogens (tertiary/aromatic N) is 1. The van der Waals surface area contributed by atoms with Crippen LogP contribution in [0.2, 0.25) is 0 Å². The van der Waals surface area contributed by atoms with E-state index in [2.05, 4.69) is 20.4 Å². The fourth-order valence-corrected chi connectivity index (χ4v) is 1.77. The molecule has 1 heterocycles. The van der Waals surface area contributed by atoms with E-state index in [1.807, 2.05) is 6.07 Å². The molecule has 0 aliphatic rings. The molecule has 1 aromatic heterocycles. The quantitative estimate of drug-likeness (QED) is 0.862. The number of urea groups is 1. The molecule has 2 amide bonds. The molecule has 7 heteroatoms. The Kier molecular flexibility index (Phi) is 5.65. The summed E-state index contributed by atoms with van der Waals surface area (Å²) in [6.07, 6.45) is 1.63. The van der Waals surface area contributed by atoms with Crippen molar-refractivity contribution in [1.29, 1.82) is 0 Å². The lowest BCUT2D eigenvalue weighted by molar-refractivity contribution is -0.0504. The van der Waals surface area contributed by atoms with E-state index in [0.29, 0.717) is 5.56 Å². The smallest absolute Gasteiger partial charge is 0.387 e. The molecule has 2 rings (SSSR count). The van der Waals surface area contributed by atoms with Crippen molar-refractivity contribution >= 4 is 6.03 Å². The number of aromatic nitrogens is 1. The van der Waals surface area contributed by atoms with Crippen LogP contribution >= 0.6 is 0 Å². The van der Waals surface area contributed by atoms with Gasteiger partial charge in [0.25, 0.3) is 0 Å². The molecule has 0 radical (unpaired) electrons. The van der Waals surface area contributed by atoms with Gasteiger partial charge >= 0.3 is 12.6 Å². The highest BCUT2D eigenvalue weighted by atomic mass is 19.3. The number of nitrogens with one attached hydrogen (secondary N) is 2. The van der Waals surface area contributed by atoms with Gasteiger partial charge in [0.15, 0.2) is 0 Å². The van der Waals surface area contributed by atoms with Gasteiger partial charge in [-0.25, -0.2) is 4.79 Å². The predicted octanol–water partition coefficient (Wildman–Crippen LogP) is 2.68. The van der Waals surface area contributed by atoms with E-state index < -0.39 is 12.6 Å². The zero-order valence-electron chi connectivity index (χ0n) is 11.6. The standard InChI is InChI=1S/C15H15F2N3O2/c16-14(17)22-13-7-2-1-5-11(13)9-19-15(21)20-10-12-6-3-4-8-18-12/h1-8,14H,9-10H2,(H2,19,20,21). The molecule has 0 atom stereocenters. The number of alkyl halides is 2. The molecule has 2 aromatic rings. The first kappa shape index (κ1) is 15.7. The lowest BCUT2D eigenvalue weighted by Crippen LogP contribution is -2.34. The van der Waals surface area contributed by atoms with Gasteiger partial charge < -0.3 is 15.4 Å². The zero-order chi connectivity index (χ0) is 15.8. The van der Waals surface area contributed by atoms with Crippen LogP contribution < -0.4 is 15.4 Å². The monoisotopic (exact) mass is 307 g/mol. The highest BCUT2D eigenvalue weighted by molar-refractivity contribution is 5.73. The molecule has 22 heavy (non-hydrogen) atoms. The molecule has 0 aliphatic carbocycles. The molecule has 0 spiro atoms. The maximum atomic E-state index is 12.3. The molecule has 0 aliphatic heterocycles. The summed E-state index contributed by atoms with van der Waals surface area (Å²) < 4.78 is 28.9. The second kappa shape index (κ2) is 7.92. The lowest BCUT2D eigenvalue weighted by atomic mass is 10.2. The van der Waals surface area contributed by atoms with Crippen LogP contribution in [0.4, 0.5) is 13.6 Å². The van der Waals surface area contributed by atoms with Crippen LogP contribution in [0.5, 0.6) is 5.75 Å². The summed E-state index contributed by atoms with van der Waals surface area (Å²) in [5.41, 5.74) is 1.19. The van der Waals surface area contributed by atoms with Crippen molar-refractivity contribution in [1.82, 2.24) is 15.6 Å². The SMILES string of the molecule is O=C(NCc1ccccn1)NCc1ccccc1OC(F)F. The Labute approximate surface area is 126 Å². The van der Waals surface area contributed by atoms with Gasteiger partial charge in [-0.1, -0.05) is 24.3 Å². The molecule has 0 saturated carbocycles. The number of hydrogen-bond donors (Lipinski definition) is 2. The first-order valence-electron chi connectivity index (χ1n) is 6.59. The largest absolute Gasteiger partial charge is 0.434 e. The fraction of sp³-hybridized carbons (Fsp3) is 0.200. The minimum atomic E-state index is -2.90. The molecular weight excluding hydrogens is 292 g/mol. The van der Waals surface area contributed by atoms with Crippen LogP contribution in [0.25, 0.3) is 0 Å². The normalized spacial score (nSPS) is 10.3. The van der Waals surface area contributed by atoms with E-state index in [4.69, 9.17) is 0 Å². The highest BCUT2D eigenvalue weighted by Gasteiger charge is 2.09. The molecule has 0 fully saturated rings. The Bertz CT molecular complexity index is 609. The van der Waals surface area contributed by atoms with Gasteiger partial charge in [-0.3, -0.25) is 4.98 Å². The third kappa shape index (κ3) is 5.01. The maximum Gasteiger partial charge on any atom is 0.387 e. The van der Waals surface area contributed by atoms with E-state index in [9.17, 15) is 13.6 Å². The van der Waals surface area contributed by atoms with Gasteiger partial charge in [0.1, 0.15) is 5.75 Å². The predicted molar refractivity (Wildman–Crippen MR) is 76.4 cm³/mol. The number of pyridine rings is 1. The van der Waals surface area contributed by atoms with Crippen LogP contribution in [0.15, 0.2) is 48.7 Å².